The van der Waals surface area contributed by atoms with Crippen molar-refractivity contribution in [2.45, 2.75) is 59.4 Å². The first kappa shape index (κ1) is 43.5. The Bertz CT molecular complexity index is 2690. The SMILES string of the molecule is Cn1cc(-c2cc(N)ccc2Oc2cccc(OCCC3CCN(c4ncc(C(=O)NC5C(C)(C)CC5(C)C)cn4)CC3)c2F)c2cc[nH]c2c1=O.N#Cc1ccc(O)cc1Cl. The Hall–Kier alpha value is -6.59. The average molecular weight is 861 g/mol. The second-order valence-electron chi connectivity index (χ2n) is 17.3. The van der Waals surface area contributed by atoms with Gasteiger partial charge in [-0.15, -0.1) is 0 Å². The van der Waals surface area contributed by atoms with E-state index in [1.165, 1.54) is 22.8 Å². The van der Waals surface area contributed by atoms with Gasteiger partial charge < -0.3 is 40.1 Å². The van der Waals surface area contributed by atoms with E-state index in [0.29, 0.717) is 57.5 Å². The molecule has 1 aliphatic carbocycles. The molecule has 13 nitrogen and oxygen atoms in total. The summed E-state index contributed by atoms with van der Waals surface area (Å²) < 4.78 is 29.3. The maximum atomic E-state index is 15.8. The topological polar surface area (TPSA) is 184 Å². The molecule has 6 aromatic rings. The van der Waals surface area contributed by atoms with Crippen LogP contribution in [0.3, 0.4) is 0 Å². The number of ether oxygens (including phenoxy) is 2. The molecule has 3 aromatic heterocycles. The summed E-state index contributed by atoms with van der Waals surface area (Å²) in [7, 11) is 1.68. The summed E-state index contributed by atoms with van der Waals surface area (Å²) in [4.78, 5) is 39.8. The number of H-pyrrole nitrogens is 1. The Balaban J connectivity index is 0.000000509. The normalized spacial score (nSPS) is 15.8. The summed E-state index contributed by atoms with van der Waals surface area (Å²) in [5.41, 5.74) is 9.28. The lowest BCUT2D eigenvalue weighted by Gasteiger charge is -2.57. The molecule has 5 N–H and O–H groups in total. The molecule has 15 heteroatoms. The number of rotatable bonds is 10. The minimum absolute atomic E-state index is 0.0196. The van der Waals surface area contributed by atoms with E-state index >= 15 is 4.39 Å². The minimum Gasteiger partial charge on any atom is -0.508 e. The van der Waals surface area contributed by atoms with Gasteiger partial charge in [0.25, 0.3) is 11.5 Å². The monoisotopic (exact) mass is 860 g/mol. The number of phenolic OH excluding ortho intramolecular Hbond substituents is 1. The molecule has 4 heterocycles. The number of nitrogens with zero attached hydrogens (tertiary/aromatic N) is 5. The molecule has 1 saturated carbocycles. The Labute approximate surface area is 364 Å². The number of fused-ring (bicyclic) bond motifs is 1. The van der Waals surface area contributed by atoms with Crippen LogP contribution < -0.4 is 31.0 Å². The number of nitrogens with two attached hydrogens (primary N) is 1. The number of carbonyl (C=O) groups excluding carboxylic acids is 1. The zero-order chi connectivity index (χ0) is 44.3. The van der Waals surface area contributed by atoms with Crippen molar-refractivity contribution in [1.82, 2.24) is 24.8 Å². The number of nitrogens with one attached hydrogen (secondary N) is 2. The number of nitrogen functional groups attached to an aromatic ring is 1. The third-order valence-electron chi connectivity index (χ3n) is 11.7. The minimum atomic E-state index is -0.596. The van der Waals surface area contributed by atoms with Crippen LogP contribution in [0, 0.1) is 33.9 Å². The molecular weight excluding hydrogens is 811 g/mol. The predicted molar refractivity (Wildman–Crippen MR) is 238 cm³/mol. The molecule has 1 aliphatic heterocycles. The van der Waals surface area contributed by atoms with Crippen LogP contribution in [0.4, 0.5) is 16.0 Å². The first-order valence-corrected chi connectivity index (χ1v) is 20.8. The number of nitriles is 1. The lowest BCUT2D eigenvalue weighted by molar-refractivity contribution is -0.0366. The summed E-state index contributed by atoms with van der Waals surface area (Å²) in [6.45, 7) is 10.7. The highest BCUT2D eigenvalue weighted by Crippen LogP contribution is 2.53. The second kappa shape index (κ2) is 17.8. The number of phenols is 1. The predicted octanol–water partition coefficient (Wildman–Crippen LogP) is 8.99. The molecule has 8 rings (SSSR count). The van der Waals surface area contributed by atoms with Gasteiger partial charge in [0, 0.05) is 73.2 Å². The molecule has 1 amide bonds. The number of amides is 1. The number of aromatic nitrogens is 4. The van der Waals surface area contributed by atoms with Crippen molar-refractivity contribution in [3.8, 4) is 40.2 Å². The van der Waals surface area contributed by atoms with Gasteiger partial charge in [-0.25, -0.2) is 9.97 Å². The Morgan fingerprint density at radius 2 is 1.74 bits per heavy atom. The summed E-state index contributed by atoms with van der Waals surface area (Å²) in [6.07, 6.45) is 10.3. The highest BCUT2D eigenvalue weighted by Gasteiger charge is 2.53. The van der Waals surface area contributed by atoms with Crippen molar-refractivity contribution in [3.05, 3.63) is 118 Å². The van der Waals surface area contributed by atoms with E-state index in [0.717, 1.165) is 44.3 Å². The van der Waals surface area contributed by atoms with Crippen LogP contribution >= 0.6 is 11.6 Å². The maximum Gasteiger partial charge on any atom is 0.274 e. The average Bonchev–Trinajstić information content (AvgIpc) is 3.74. The fraction of sp³-hybridized carbons (Fsp3) is 0.340. The summed E-state index contributed by atoms with van der Waals surface area (Å²) in [5, 5.41) is 21.4. The van der Waals surface area contributed by atoms with Gasteiger partial charge in [-0.05, 0) is 97.0 Å². The summed E-state index contributed by atoms with van der Waals surface area (Å²) >= 11 is 5.55. The van der Waals surface area contributed by atoms with Crippen LogP contribution in [-0.4, -0.2) is 56.3 Å². The van der Waals surface area contributed by atoms with Gasteiger partial charge in [-0.3, -0.25) is 9.59 Å². The van der Waals surface area contributed by atoms with Gasteiger partial charge in [0.05, 0.1) is 22.8 Å². The number of pyridine rings is 1. The fourth-order valence-corrected chi connectivity index (χ4v) is 9.21. The van der Waals surface area contributed by atoms with Gasteiger partial charge in [-0.1, -0.05) is 45.4 Å². The van der Waals surface area contributed by atoms with Crippen LogP contribution in [0.2, 0.25) is 5.02 Å². The molecule has 2 aliphatic rings. The fourth-order valence-electron chi connectivity index (χ4n) is 8.99. The largest absolute Gasteiger partial charge is 0.508 e. The third-order valence-corrected chi connectivity index (χ3v) is 12.1. The molecule has 3 aromatic carbocycles. The molecule has 62 heavy (non-hydrogen) atoms. The second-order valence-corrected chi connectivity index (χ2v) is 17.7. The zero-order valence-corrected chi connectivity index (χ0v) is 36.1. The number of aryl methyl sites for hydroxylation is 1. The van der Waals surface area contributed by atoms with E-state index in [4.69, 9.17) is 37.2 Å². The van der Waals surface area contributed by atoms with Crippen LogP contribution in [0.5, 0.6) is 23.0 Å². The summed E-state index contributed by atoms with van der Waals surface area (Å²) in [6, 6.07) is 18.0. The first-order chi connectivity index (χ1) is 29.5. The highest BCUT2D eigenvalue weighted by atomic mass is 35.5. The first-order valence-electron chi connectivity index (χ1n) is 20.5. The molecule has 1 saturated heterocycles. The third kappa shape index (κ3) is 9.33. The summed E-state index contributed by atoms with van der Waals surface area (Å²) in [5.74, 6) is 0.886. The number of anilines is 2. The number of benzene rings is 3. The van der Waals surface area contributed by atoms with Crippen molar-refractivity contribution >= 4 is 40.0 Å². The van der Waals surface area contributed by atoms with Crippen molar-refractivity contribution < 1.29 is 23.8 Å². The Kier molecular flexibility index (Phi) is 12.5. The quantitative estimate of drug-likeness (QED) is 0.0970. The molecular formula is C47H50ClFN8O5. The highest BCUT2D eigenvalue weighted by molar-refractivity contribution is 6.31. The Morgan fingerprint density at radius 3 is 2.42 bits per heavy atom. The molecule has 0 atom stereocenters. The number of aromatic hydroxyl groups is 1. The van der Waals surface area contributed by atoms with Crippen molar-refractivity contribution in [2.24, 2.45) is 23.8 Å². The number of aromatic amines is 1. The van der Waals surface area contributed by atoms with Crippen LogP contribution in [0.1, 0.15) is 69.3 Å². The van der Waals surface area contributed by atoms with E-state index in [-0.39, 0.29) is 50.6 Å². The maximum absolute atomic E-state index is 15.8. The smallest absolute Gasteiger partial charge is 0.274 e. The molecule has 0 spiro atoms. The van der Waals surface area contributed by atoms with Gasteiger partial charge in [0.15, 0.2) is 11.5 Å². The van der Waals surface area contributed by atoms with Gasteiger partial charge in [0.1, 0.15) is 23.1 Å². The van der Waals surface area contributed by atoms with Crippen LogP contribution in [0.15, 0.2) is 90.2 Å². The van der Waals surface area contributed by atoms with Crippen molar-refractivity contribution in [3.63, 3.8) is 0 Å². The molecule has 0 radical (unpaired) electrons. The van der Waals surface area contributed by atoms with E-state index in [1.807, 2.05) is 12.1 Å². The van der Waals surface area contributed by atoms with E-state index in [1.54, 1.807) is 68.2 Å². The van der Waals surface area contributed by atoms with Gasteiger partial charge >= 0.3 is 0 Å². The van der Waals surface area contributed by atoms with Gasteiger partial charge in [-0.2, -0.15) is 9.65 Å². The number of hydrogen-bond acceptors (Lipinski definition) is 10. The lowest BCUT2D eigenvalue weighted by atomic mass is 9.52. The van der Waals surface area contributed by atoms with E-state index in [9.17, 15) is 9.59 Å². The van der Waals surface area contributed by atoms with Crippen molar-refractivity contribution in [1.29, 1.82) is 5.26 Å². The van der Waals surface area contributed by atoms with Gasteiger partial charge in [0.2, 0.25) is 11.8 Å². The molecule has 2 fully saturated rings. The number of carbonyl (C=O) groups is 1. The number of hydrogen-bond donors (Lipinski definition) is 4. The van der Waals surface area contributed by atoms with E-state index < -0.39 is 5.82 Å². The lowest BCUT2D eigenvalue weighted by Crippen LogP contribution is -2.63. The molecule has 0 unspecified atom stereocenters. The zero-order valence-electron chi connectivity index (χ0n) is 35.3. The van der Waals surface area contributed by atoms with Crippen LogP contribution in [-0.2, 0) is 7.05 Å². The van der Waals surface area contributed by atoms with Crippen molar-refractivity contribution in [2.75, 3.05) is 30.3 Å². The Morgan fingerprint density at radius 1 is 1.03 bits per heavy atom. The van der Waals surface area contributed by atoms with E-state index in [2.05, 4.69) is 52.9 Å². The molecule has 322 valence electrons. The molecule has 0 bridgehead atoms. The standard InChI is InChI=1S/C40H46FN7O4.C7H4ClNO/c1-39(2)23-40(3,4)37(39)46-35(49)25-20-44-38(45-21-25)48-16-12-24(13-17-48)14-18-51-31-7-6-8-32(33(31)41)52-30-10-9-26(42)19-28(30)29-22-47(5)36(50)34-27(29)11-15-43-34;8-7-3-6(10)2-1-5(7)4-9/h6-11,15,19-22,24,37,43H,12-14,16-18,23,42H2,1-5H3,(H,46,49);1-3,10H. The number of halogens is 2. The van der Waals surface area contributed by atoms with Crippen LogP contribution in [0.25, 0.3) is 22.0 Å². The number of piperidine rings is 1.